The molecule has 0 aliphatic carbocycles. The van der Waals surface area contributed by atoms with Crippen molar-refractivity contribution in [2.45, 2.75) is 38.5 Å². The molecule has 0 bridgehead atoms. The summed E-state index contributed by atoms with van der Waals surface area (Å²) < 4.78 is 25.6. The van der Waals surface area contributed by atoms with Crippen LogP contribution in [-0.4, -0.2) is 56.4 Å². The Kier molecular flexibility index (Phi) is 8.08. The maximum atomic E-state index is 14.2. The molecule has 2 aliphatic heterocycles. The Morgan fingerprint density at radius 1 is 0.974 bits per heavy atom. The van der Waals surface area contributed by atoms with Gasteiger partial charge in [-0.3, -0.25) is 0 Å². The van der Waals surface area contributed by atoms with Gasteiger partial charge >= 0.3 is 0 Å². The summed E-state index contributed by atoms with van der Waals surface area (Å²) in [5, 5.41) is 10.1. The minimum absolute atomic E-state index is 0.00312. The van der Waals surface area contributed by atoms with Gasteiger partial charge in [-0.25, -0.2) is 4.39 Å². The topological polar surface area (TPSA) is 45.2 Å². The molecule has 1 N–H and O–H groups in total. The number of nitrogens with zero attached hydrogens (tertiary/aromatic N) is 2. The number of methoxy groups -OCH3 is 1. The number of hydrogen-bond donors (Lipinski definition) is 1. The maximum Gasteiger partial charge on any atom is 0.165 e. The number of anilines is 1. The van der Waals surface area contributed by atoms with Crippen molar-refractivity contribution in [3.8, 4) is 17.2 Å². The van der Waals surface area contributed by atoms with Gasteiger partial charge in [-0.1, -0.05) is 38.1 Å². The number of aromatic hydroxyl groups is 1. The molecule has 3 aromatic rings. The van der Waals surface area contributed by atoms with Gasteiger partial charge in [-0.15, -0.1) is 0 Å². The maximum absolute atomic E-state index is 14.2. The number of ether oxygens (including phenoxy) is 2. The van der Waals surface area contributed by atoms with Gasteiger partial charge in [0, 0.05) is 48.8 Å². The monoisotopic (exact) mass is 518 g/mol. The van der Waals surface area contributed by atoms with Crippen LogP contribution in [0.15, 0.2) is 60.7 Å². The van der Waals surface area contributed by atoms with Crippen molar-refractivity contribution < 1.29 is 19.0 Å². The van der Waals surface area contributed by atoms with Gasteiger partial charge in [0.05, 0.1) is 13.7 Å². The van der Waals surface area contributed by atoms with E-state index in [1.54, 1.807) is 18.2 Å². The normalized spacial score (nSPS) is 19.8. The number of halogens is 1. The minimum Gasteiger partial charge on any atom is -0.508 e. The lowest BCUT2D eigenvalue weighted by Gasteiger charge is -2.36. The lowest BCUT2D eigenvalue weighted by Crippen LogP contribution is -2.38. The van der Waals surface area contributed by atoms with Crippen LogP contribution in [0.1, 0.15) is 55.2 Å². The first-order chi connectivity index (χ1) is 18.5. The smallest absolute Gasteiger partial charge is 0.165 e. The molecule has 1 fully saturated rings. The zero-order chi connectivity index (χ0) is 26.6. The lowest BCUT2D eigenvalue weighted by atomic mass is 9.75. The van der Waals surface area contributed by atoms with Crippen molar-refractivity contribution in [3.63, 3.8) is 0 Å². The molecule has 1 saturated heterocycles. The van der Waals surface area contributed by atoms with E-state index in [1.807, 2.05) is 12.1 Å². The highest BCUT2D eigenvalue weighted by Gasteiger charge is 2.34. The molecule has 0 amide bonds. The largest absolute Gasteiger partial charge is 0.508 e. The summed E-state index contributed by atoms with van der Waals surface area (Å²) >= 11 is 0. The van der Waals surface area contributed by atoms with E-state index in [-0.39, 0.29) is 29.2 Å². The number of piperidine rings is 1. The summed E-state index contributed by atoms with van der Waals surface area (Å²) in [4.78, 5) is 5.04. The summed E-state index contributed by atoms with van der Waals surface area (Å²) in [6, 6.07) is 19.3. The molecule has 0 aromatic heterocycles. The second kappa shape index (κ2) is 11.6. The molecule has 0 radical (unpaired) electrons. The summed E-state index contributed by atoms with van der Waals surface area (Å²) in [5.41, 5.74) is 4.42. The number of rotatable bonds is 8. The van der Waals surface area contributed by atoms with E-state index >= 15 is 0 Å². The standard InChI is InChI=1S/C32H39FN2O3/c1-4-34(5-2)20-22-14-16-35(17-15-22)25-9-6-23(7-10-25)32-27-12-11-26(36)19-30(27)38-21-28(32)24-8-13-29(33)31(18-24)37-3/h6-13,18-19,22,28,32,36H,4-5,14-17,20-21H2,1-3H3. The summed E-state index contributed by atoms with van der Waals surface area (Å²) in [7, 11) is 1.49. The van der Waals surface area contributed by atoms with Crippen molar-refractivity contribution >= 4 is 5.69 Å². The van der Waals surface area contributed by atoms with Crippen molar-refractivity contribution in [2.75, 3.05) is 51.3 Å². The Morgan fingerprint density at radius 3 is 2.37 bits per heavy atom. The molecule has 2 unspecified atom stereocenters. The molecule has 6 heteroatoms. The van der Waals surface area contributed by atoms with E-state index in [9.17, 15) is 9.50 Å². The second-order valence-corrected chi connectivity index (χ2v) is 10.5. The fraction of sp³-hybridized carbons (Fsp3) is 0.438. The van der Waals surface area contributed by atoms with Crippen molar-refractivity contribution in [1.29, 1.82) is 0 Å². The molecule has 5 nitrogen and oxygen atoms in total. The highest BCUT2D eigenvalue weighted by molar-refractivity contribution is 5.54. The van der Waals surface area contributed by atoms with Crippen LogP contribution in [0.3, 0.4) is 0 Å². The van der Waals surface area contributed by atoms with Crippen LogP contribution < -0.4 is 14.4 Å². The molecule has 3 aromatic carbocycles. The highest BCUT2D eigenvalue weighted by Crippen LogP contribution is 2.47. The predicted molar refractivity (Wildman–Crippen MR) is 150 cm³/mol. The second-order valence-electron chi connectivity index (χ2n) is 10.5. The number of hydrogen-bond acceptors (Lipinski definition) is 5. The van der Waals surface area contributed by atoms with Gasteiger partial charge in [0.2, 0.25) is 0 Å². The third-order valence-electron chi connectivity index (χ3n) is 8.40. The van der Waals surface area contributed by atoms with Gasteiger partial charge < -0.3 is 24.4 Å². The minimum atomic E-state index is -0.375. The molecule has 2 atom stereocenters. The first-order valence-corrected chi connectivity index (χ1v) is 13.9. The van der Waals surface area contributed by atoms with Crippen LogP contribution in [0.4, 0.5) is 10.1 Å². The van der Waals surface area contributed by atoms with Crippen LogP contribution in [0.25, 0.3) is 0 Å². The fourth-order valence-corrected chi connectivity index (χ4v) is 6.12. The molecular formula is C32H39FN2O3. The Balaban J connectivity index is 1.39. The Hall–Kier alpha value is -3.25. The van der Waals surface area contributed by atoms with E-state index in [0.717, 1.165) is 43.2 Å². The van der Waals surface area contributed by atoms with Gasteiger partial charge in [0.1, 0.15) is 11.5 Å². The van der Waals surface area contributed by atoms with Crippen molar-refractivity contribution in [3.05, 3.63) is 83.2 Å². The van der Waals surface area contributed by atoms with E-state index in [0.29, 0.717) is 12.4 Å². The Bertz CT molecular complexity index is 1220. The third kappa shape index (κ3) is 5.46. The number of phenols is 1. The fourth-order valence-electron chi connectivity index (χ4n) is 6.12. The van der Waals surface area contributed by atoms with Gasteiger partial charge in [0.25, 0.3) is 0 Å². The average molecular weight is 519 g/mol. The first kappa shape index (κ1) is 26.4. The molecule has 202 valence electrons. The third-order valence-corrected chi connectivity index (χ3v) is 8.40. The highest BCUT2D eigenvalue weighted by atomic mass is 19.1. The van der Waals surface area contributed by atoms with E-state index in [1.165, 1.54) is 43.8 Å². The Labute approximate surface area is 225 Å². The molecule has 2 aliphatic rings. The van der Waals surface area contributed by atoms with E-state index in [2.05, 4.69) is 47.9 Å². The predicted octanol–water partition coefficient (Wildman–Crippen LogP) is 6.41. The molecule has 38 heavy (non-hydrogen) atoms. The number of fused-ring (bicyclic) bond motifs is 1. The molecular weight excluding hydrogens is 479 g/mol. The summed E-state index contributed by atoms with van der Waals surface area (Å²) in [6.45, 7) is 10.5. The van der Waals surface area contributed by atoms with Crippen LogP contribution in [0.5, 0.6) is 17.2 Å². The SMILES string of the molecule is CCN(CC)CC1CCN(c2ccc(C3c4ccc(O)cc4OCC3c3ccc(F)c(OC)c3)cc2)CC1. The molecule has 2 heterocycles. The van der Waals surface area contributed by atoms with Gasteiger partial charge in [-0.2, -0.15) is 0 Å². The molecule has 5 rings (SSSR count). The summed E-state index contributed by atoms with van der Waals surface area (Å²) in [6.07, 6.45) is 2.45. The summed E-state index contributed by atoms with van der Waals surface area (Å²) in [5.74, 6) is 1.49. The zero-order valence-corrected chi connectivity index (χ0v) is 22.7. The number of phenolic OH excluding ortho intramolecular Hbond substituents is 1. The van der Waals surface area contributed by atoms with Crippen molar-refractivity contribution in [1.82, 2.24) is 4.90 Å². The quantitative estimate of drug-likeness (QED) is 0.374. The van der Waals surface area contributed by atoms with E-state index < -0.39 is 0 Å². The van der Waals surface area contributed by atoms with Gasteiger partial charge in [0.15, 0.2) is 11.6 Å². The van der Waals surface area contributed by atoms with Crippen LogP contribution in [0, 0.1) is 11.7 Å². The Morgan fingerprint density at radius 2 is 1.68 bits per heavy atom. The molecule has 0 spiro atoms. The zero-order valence-electron chi connectivity index (χ0n) is 22.7. The van der Waals surface area contributed by atoms with Crippen LogP contribution in [-0.2, 0) is 0 Å². The van der Waals surface area contributed by atoms with Crippen LogP contribution >= 0.6 is 0 Å². The molecule has 0 saturated carbocycles. The van der Waals surface area contributed by atoms with E-state index in [4.69, 9.17) is 9.47 Å². The van der Waals surface area contributed by atoms with Gasteiger partial charge in [-0.05, 0) is 73.3 Å². The first-order valence-electron chi connectivity index (χ1n) is 13.9. The van der Waals surface area contributed by atoms with Crippen LogP contribution in [0.2, 0.25) is 0 Å². The van der Waals surface area contributed by atoms with Crippen molar-refractivity contribution in [2.24, 2.45) is 5.92 Å². The average Bonchev–Trinajstić information content (AvgIpc) is 2.96. The number of benzene rings is 3. The lowest BCUT2D eigenvalue weighted by molar-refractivity contribution is 0.229.